The standard InChI is InChI=1S/C15H22N2O2/c1-3-4-10-16-15(19)12-17(13(2)18)11-14-8-6-5-7-9-14/h5-9H,3-4,10-12H2,1-2H3,(H,16,19). The van der Waals surface area contributed by atoms with Crippen molar-refractivity contribution in [3.05, 3.63) is 35.9 Å². The van der Waals surface area contributed by atoms with Gasteiger partial charge in [0.15, 0.2) is 0 Å². The van der Waals surface area contributed by atoms with Crippen LogP contribution in [-0.4, -0.2) is 29.8 Å². The molecule has 0 spiro atoms. The lowest BCUT2D eigenvalue weighted by atomic mass is 10.2. The van der Waals surface area contributed by atoms with Crippen LogP contribution in [0.1, 0.15) is 32.3 Å². The highest BCUT2D eigenvalue weighted by Crippen LogP contribution is 2.04. The van der Waals surface area contributed by atoms with Crippen LogP contribution in [0.3, 0.4) is 0 Å². The quantitative estimate of drug-likeness (QED) is 0.764. The van der Waals surface area contributed by atoms with Gasteiger partial charge in [-0.05, 0) is 12.0 Å². The van der Waals surface area contributed by atoms with Crippen molar-refractivity contribution in [1.82, 2.24) is 10.2 Å². The van der Waals surface area contributed by atoms with Crippen LogP contribution in [-0.2, 0) is 16.1 Å². The molecule has 0 aliphatic carbocycles. The fourth-order valence-corrected chi connectivity index (χ4v) is 1.72. The zero-order chi connectivity index (χ0) is 14.1. The van der Waals surface area contributed by atoms with Gasteiger partial charge in [0.2, 0.25) is 11.8 Å². The molecule has 1 aromatic carbocycles. The Labute approximate surface area is 114 Å². The SMILES string of the molecule is CCCCNC(=O)CN(Cc1ccccc1)C(C)=O. The van der Waals surface area contributed by atoms with Gasteiger partial charge in [-0.1, -0.05) is 43.7 Å². The number of rotatable bonds is 7. The van der Waals surface area contributed by atoms with Gasteiger partial charge in [-0.15, -0.1) is 0 Å². The van der Waals surface area contributed by atoms with E-state index in [0.717, 1.165) is 18.4 Å². The molecule has 2 amide bonds. The van der Waals surface area contributed by atoms with Gasteiger partial charge in [0, 0.05) is 20.0 Å². The number of nitrogens with one attached hydrogen (secondary N) is 1. The average molecular weight is 262 g/mol. The van der Waals surface area contributed by atoms with Crippen LogP contribution in [0.4, 0.5) is 0 Å². The van der Waals surface area contributed by atoms with Gasteiger partial charge in [0.25, 0.3) is 0 Å². The van der Waals surface area contributed by atoms with Gasteiger partial charge in [-0.3, -0.25) is 9.59 Å². The van der Waals surface area contributed by atoms with E-state index in [1.54, 1.807) is 4.90 Å². The molecule has 1 aromatic rings. The molecule has 1 rings (SSSR count). The minimum atomic E-state index is -0.0976. The number of hydrogen-bond acceptors (Lipinski definition) is 2. The minimum Gasteiger partial charge on any atom is -0.355 e. The summed E-state index contributed by atoms with van der Waals surface area (Å²) in [6.07, 6.45) is 2.01. The first-order valence-electron chi connectivity index (χ1n) is 6.69. The normalized spacial score (nSPS) is 10.0. The highest BCUT2D eigenvalue weighted by atomic mass is 16.2. The summed E-state index contributed by atoms with van der Waals surface area (Å²) in [6.45, 7) is 4.82. The average Bonchev–Trinajstić information content (AvgIpc) is 2.39. The van der Waals surface area contributed by atoms with E-state index >= 15 is 0 Å². The number of hydrogen-bond donors (Lipinski definition) is 1. The summed E-state index contributed by atoms with van der Waals surface area (Å²) in [4.78, 5) is 24.8. The molecule has 1 N–H and O–H groups in total. The highest BCUT2D eigenvalue weighted by molar-refractivity contribution is 5.83. The maximum Gasteiger partial charge on any atom is 0.239 e. The smallest absolute Gasteiger partial charge is 0.239 e. The van der Waals surface area contributed by atoms with Crippen LogP contribution in [0.2, 0.25) is 0 Å². The molecule has 4 nitrogen and oxygen atoms in total. The van der Waals surface area contributed by atoms with Crippen LogP contribution >= 0.6 is 0 Å². The second-order valence-corrected chi connectivity index (χ2v) is 4.56. The predicted molar refractivity (Wildman–Crippen MR) is 75.5 cm³/mol. The number of benzene rings is 1. The van der Waals surface area contributed by atoms with Crippen LogP contribution in [0.15, 0.2) is 30.3 Å². The Kier molecular flexibility index (Phi) is 6.64. The molecule has 0 saturated heterocycles. The number of carbonyl (C=O) groups is 2. The molecule has 0 fully saturated rings. The zero-order valence-electron chi connectivity index (χ0n) is 11.7. The zero-order valence-corrected chi connectivity index (χ0v) is 11.7. The molecule has 0 aliphatic rings. The van der Waals surface area contributed by atoms with Crippen LogP contribution in [0.25, 0.3) is 0 Å². The fourth-order valence-electron chi connectivity index (χ4n) is 1.72. The van der Waals surface area contributed by atoms with Crippen molar-refractivity contribution in [2.24, 2.45) is 0 Å². The second kappa shape index (κ2) is 8.29. The molecule has 104 valence electrons. The number of carbonyl (C=O) groups excluding carboxylic acids is 2. The lowest BCUT2D eigenvalue weighted by molar-refractivity contribution is -0.134. The maximum absolute atomic E-state index is 11.7. The van der Waals surface area contributed by atoms with E-state index in [1.165, 1.54) is 6.92 Å². The van der Waals surface area contributed by atoms with Crippen molar-refractivity contribution in [3.8, 4) is 0 Å². The van der Waals surface area contributed by atoms with Gasteiger partial charge >= 0.3 is 0 Å². The Morgan fingerprint density at radius 3 is 2.47 bits per heavy atom. The van der Waals surface area contributed by atoms with Crippen LogP contribution in [0.5, 0.6) is 0 Å². The molecule has 0 unspecified atom stereocenters. The topological polar surface area (TPSA) is 49.4 Å². The first kappa shape index (κ1) is 15.2. The summed E-state index contributed by atoms with van der Waals surface area (Å²) in [7, 11) is 0. The van der Waals surface area contributed by atoms with Crippen LogP contribution < -0.4 is 5.32 Å². The van der Waals surface area contributed by atoms with Gasteiger partial charge < -0.3 is 10.2 Å². The third-order valence-electron chi connectivity index (χ3n) is 2.85. The molecular weight excluding hydrogens is 240 g/mol. The predicted octanol–water partition coefficient (Wildman–Crippen LogP) is 1.95. The molecule has 0 aliphatic heterocycles. The van der Waals surface area contributed by atoms with Crippen molar-refractivity contribution in [2.75, 3.05) is 13.1 Å². The van der Waals surface area contributed by atoms with E-state index in [2.05, 4.69) is 12.2 Å². The van der Waals surface area contributed by atoms with Gasteiger partial charge in [0.05, 0.1) is 6.54 Å². The second-order valence-electron chi connectivity index (χ2n) is 4.56. The first-order chi connectivity index (χ1) is 9.13. The van der Waals surface area contributed by atoms with E-state index in [4.69, 9.17) is 0 Å². The van der Waals surface area contributed by atoms with Crippen molar-refractivity contribution >= 4 is 11.8 Å². The Hall–Kier alpha value is -1.84. The van der Waals surface area contributed by atoms with Gasteiger partial charge in [0.1, 0.15) is 0 Å². The third-order valence-corrected chi connectivity index (χ3v) is 2.85. The third kappa shape index (κ3) is 6.04. The van der Waals surface area contributed by atoms with E-state index in [0.29, 0.717) is 13.1 Å². The summed E-state index contributed by atoms with van der Waals surface area (Å²) in [5.41, 5.74) is 1.03. The highest BCUT2D eigenvalue weighted by Gasteiger charge is 2.13. The fraction of sp³-hybridized carbons (Fsp3) is 0.467. The molecular formula is C15H22N2O2. The van der Waals surface area contributed by atoms with Crippen molar-refractivity contribution < 1.29 is 9.59 Å². The van der Waals surface area contributed by atoms with E-state index < -0.39 is 0 Å². The van der Waals surface area contributed by atoms with Gasteiger partial charge in [-0.25, -0.2) is 0 Å². The van der Waals surface area contributed by atoms with Gasteiger partial charge in [-0.2, -0.15) is 0 Å². The molecule has 0 aromatic heterocycles. The molecule has 4 heteroatoms. The summed E-state index contributed by atoms with van der Waals surface area (Å²) < 4.78 is 0. The lowest BCUT2D eigenvalue weighted by Crippen LogP contribution is -2.39. The molecule has 0 bridgehead atoms. The number of nitrogens with zero attached hydrogens (tertiary/aromatic N) is 1. The minimum absolute atomic E-state index is 0.0884. The van der Waals surface area contributed by atoms with Crippen molar-refractivity contribution in [2.45, 2.75) is 33.2 Å². The molecule has 0 radical (unpaired) electrons. The summed E-state index contributed by atoms with van der Waals surface area (Å²) in [5.74, 6) is -0.186. The summed E-state index contributed by atoms with van der Waals surface area (Å²) in [6, 6.07) is 9.68. The monoisotopic (exact) mass is 262 g/mol. The molecule has 19 heavy (non-hydrogen) atoms. The summed E-state index contributed by atoms with van der Waals surface area (Å²) in [5, 5.41) is 2.82. The van der Waals surface area contributed by atoms with E-state index in [-0.39, 0.29) is 18.4 Å². The Morgan fingerprint density at radius 1 is 1.21 bits per heavy atom. The largest absolute Gasteiger partial charge is 0.355 e. The molecule has 0 saturated carbocycles. The number of unbranched alkanes of at least 4 members (excludes halogenated alkanes) is 1. The first-order valence-corrected chi connectivity index (χ1v) is 6.69. The Morgan fingerprint density at radius 2 is 1.89 bits per heavy atom. The van der Waals surface area contributed by atoms with Crippen molar-refractivity contribution in [3.63, 3.8) is 0 Å². The van der Waals surface area contributed by atoms with Crippen molar-refractivity contribution in [1.29, 1.82) is 0 Å². The van der Waals surface area contributed by atoms with E-state index in [9.17, 15) is 9.59 Å². The molecule has 0 atom stereocenters. The van der Waals surface area contributed by atoms with E-state index in [1.807, 2.05) is 30.3 Å². The van der Waals surface area contributed by atoms with Crippen LogP contribution in [0, 0.1) is 0 Å². The molecule has 0 heterocycles. The maximum atomic E-state index is 11.7. The lowest BCUT2D eigenvalue weighted by Gasteiger charge is -2.20. The number of amides is 2. The Balaban J connectivity index is 2.49. The summed E-state index contributed by atoms with van der Waals surface area (Å²) >= 11 is 0. The Bertz CT molecular complexity index is 404.